The molecule has 128 valence electrons. The molecule has 0 spiro atoms. The maximum Gasteiger partial charge on any atom is 0.232 e. The van der Waals surface area contributed by atoms with Crippen LogP contribution in [0.1, 0.15) is 0 Å². The van der Waals surface area contributed by atoms with Gasteiger partial charge in [-0.1, -0.05) is 6.07 Å². The summed E-state index contributed by atoms with van der Waals surface area (Å²) in [5, 5.41) is 15.6. The minimum atomic E-state index is 0.154. The molecule has 8 heteroatoms. The zero-order chi connectivity index (χ0) is 17.6. The molecule has 0 fully saturated rings. The number of nitrogens with zero attached hydrogens (tertiary/aromatic N) is 3. The summed E-state index contributed by atoms with van der Waals surface area (Å²) >= 11 is 0. The molecular weight excluding hydrogens is 322 g/mol. The number of anilines is 4. The van der Waals surface area contributed by atoms with Crippen LogP contribution in [0, 0.1) is 0 Å². The fraction of sp³-hybridized carbons (Fsp3) is 0.118. The molecule has 1 aromatic heterocycles. The Morgan fingerprint density at radius 2 is 1.48 bits per heavy atom. The predicted molar refractivity (Wildman–Crippen MR) is 94.0 cm³/mol. The molecule has 8 nitrogen and oxygen atoms in total. The van der Waals surface area contributed by atoms with Crippen molar-refractivity contribution in [3.63, 3.8) is 0 Å². The van der Waals surface area contributed by atoms with E-state index in [9.17, 15) is 5.11 Å². The van der Waals surface area contributed by atoms with Gasteiger partial charge in [0.15, 0.2) is 0 Å². The van der Waals surface area contributed by atoms with Crippen molar-refractivity contribution in [3.8, 4) is 17.2 Å². The van der Waals surface area contributed by atoms with E-state index in [1.807, 2.05) is 0 Å². The lowest BCUT2D eigenvalue weighted by molar-refractivity contribution is 0.395. The maximum atomic E-state index is 9.51. The van der Waals surface area contributed by atoms with Gasteiger partial charge in [0.2, 0.25) is 11.9 Å². The van der Waals surface area contributed by atoms with Crippen molar-refractivity contribution in [1.82, 2.24) is 15.0 Å². The van der Waals surface area contributed by atoms with Gasteiger partial charge in [0.25, 0.3) is 0 Å². The molecule has 0 bridgehead atoms. The molecule has 1 heterocycles. The Balaban J connectivity index is 1.80. The second-order valence-corrected chi connectivity index (χ2v) is 5.03. The molecule has 2 aromatic carbocycles. The van der Waals surface area contributed by atoms with Gasteiger partial charge in [0.1, 0.15) is 23.6 Å². The monoisotopic (exact) mass is 339 g/mol. The molecule has 3 aromatic rings. The quantitative estimate of drug-likeness (QED) is 0.630. The Kier molecular flexibility index (Phi) is 4.79. The zero-order valence-electron chi connectivity index (χ0n) is 13.7. The summed E-state index contributed by atoms with van der Waals surface area (Å²) in [6.07, 6.45) is 1.39. The summed E-state index contributed by atoms with van der Waals surface area (Å²) < 4.78 is 10.5. The molecule has 0 aliphatic rings. The number of phenolic OH excluding ortho intramolecular Hbond substituents is 1. The van der Waals surface area contributed by atoms with E-state index in [1.165, 1.54) is 6.33 Å². The largest absolute Gasteiger partial charge is 0.508 e. The second kappa shape index (κ2) is 7.35. The SMILES string of the molecule is COc1cc(Nc2ncnc(Nc3cccc(O)c3)n2)cc(OC)c1. The van der Waals surface area contributed by atoms with Crippen molar-refractivity contribution >= 4 is 23.3 Å². The normalized spacial score (nSPS) is 10.2. The number of benzene rings is 2. The average Bonchev–Trinajstić information content (AvgIpc) is 2.61. The summed E-state index contributed by atoms with van der Waals surface area (Å²) in [4.78, 5) is 12.5. The van der Waals surface area contributed by atoms with Crippen LogP contribution in [0.5, 0.6) is 17.2 Å². The van der Waals surface area contributed by atoms with Gasteiger partial charge in [-0.15, -0.1) is 0 Å². The topological polar surface area (TPSA) is 101 Å². The van der Waals surface area contributed by atoms with Crippen molar-refractivity contribution in [3.05, 3.63) is 48.8 Å². The van der Waals surface area contributed by atoms with E-state index < -0.39 is 0 Å². The third kappa shape index (κ3) is 4.25. The van der Waals surface area contributed by atoms with Gasteiger partial charge in [-0.05, 0) is 12.1 Å². The Morgan fingerprint density at radius 1 is 0.840 bits per heavy atom. The first-order valence-corrected chi connectivity index (χ1v) is 7.41. The van der Waals surface area contributed by atoms with Crippen LogP contribution < -0.4 is 20.1 Å². The summed E-state index contributed by atoms with van der Waals surface area (Å²) in [6.45, 7) is 0. The standard InChI is InChI=1S/C17H17N5O3/c1-24-14-7-12(8-15(9-14)25-2)21-17-19-10-18-16(22-17)20-11-4-3-5-13(23)6-11/h3-10,23H,1-2H3,(H2,18,19,20,21,22). The van der Waals surface area contributed by atoms with E-state index in [-0.39, 0.29) is 5.75 Å². The predicted octanol–water partition coefficient (Wildman–Crippen LogP) is 3.08. The fourth-order valence-electron chi connectivity index (χ4n) is 2.14. The summed E-state index contributed by atoms with van der Waals surface area (Å²) in [7, 11) is 3.16. The highest BCUT2D eigenvalue weighted by molar-refractivity contribution is 5.61. The van der Waals surface area contributed by atoms with Gasteiger partial charge < -0.3 is 25.2 Å². The summed E-state index contributed by atoms with van der Waals surface area (Å²) in [5.74, 6) is 2.15. The number of aromatic hydroxyl groups is 1. The van der Waals surface area contributed by atoms with E-state index >= 15 is 0 Å². The van der Waals surface area contributed by atoms with Gasteiger partial charge in [-0.3, -0.25) is 0 Å². The van der Waals surface area contributed by atoms with E-state index in [0.29, 0.717) is 34.8 Å². The smallest absolute Gasteiger partial charge is 0.232 e. The lowest BCUT2D eigenvalue weighted by Gasteiger charge is -2.10. The number of hydrogen-bond acceptors (Lipinski definition) is 8. The van der Waals surface area contributed by atoms with E-state index in [4.69, 9.17) is 9.47 Å². The highest BCUT2D eigenvalue weighted by Gasteiger charge is 2.06. The van der Waals surface area contributed by atoms with Gasteiger partial charge in [0.05, 0.1) is 14.2 Å². The Morgan fingerprint density at radius 3 is 2.08 bits per heavy atom. The molecule has 0 saturated heterocycles. The van der Waals surface area contributed by atoms with E-state index in [1.54, 1.807) is 56.7 Å². The molecule has 0 aliphatic carbocycles. The van der Waals surface area contributed by atoms with E-state index in [2.05, 4.69) is 25.6 Å². The zero-order valence-corrected chi connectivity index (χ0v) is 13.7. The molecule has 0 amide bonds. The van der Waals surface area contributed by atoms with Crippen LogP contribution >= 0.6 is 0 Å². The van der Waals surface area contributed by atoms with Crippen molar-refractivity contribution in [2.24, 2.45) is 0 Å². The molecule has 0 saturated carbocycles. The summed E-state index contributed by atoms with van der Waals surface area (Å²) in [5.41, 5.74) is 1.38. The average molecular weight is 339 g/mol. The molecule has 3 N–H and O–H groups in total. The number of rotatable bonds is 6. The Hall–Kier alpha value is -3.55. The number of aromatic nitrogens is 3. The number of hydrogen-bond donors (Lipinski definition) is 3. The van der Waals surface area contributed by atoms with Crippen molar-refractivity contribution in [1.29, 1.82) is 0 Å². The second-order valence-electron chi connectivity index (χ2n) is 5.03. The minimum absolute atomic E-state index is 0.154. The van der Waals surface area contributed by atoms with Gasteiger partial charge in [-0.2, -0.15) is 4.98 Å². The molecule has 0 atom stereocenters. The van der Waals surface area contributed by atoms with Crippen LogP contribution in [0.15, 0.2) is 48.8 Å². The lowest BCUT2D eigenvalue weighted by Crippen LogP contribution is -2.03. The van der Waals surface area contributed by atoms with Crippen LogP contribution in [0.4, 0.5) is 23.3 Å². The van der Waals surface area contributed by atoms with E-state index in [0.717, 1.165) is 0 Å². The Labute approximate surface area is 144 Å². The van der Waals surface area contributed by atoms with Gasteiger partial charge in [0, 0.05) is 35.6 Å². The van der Waals surface area contributed by atoms with Gasteiger partial charge >= 0.3 is 0 Å². The third-order valence-corrected chi connectivity index (χ3v) is 3.28. The van der Waals surface area contributed by atoms with Crippen LogP contribution in [-0.4, -0.2) is 34.3 Å². The number of nitrogens with one attached hydrogen (secondary N) is 2. The first-order chi connectivity index (χ1) is 12.2. The number of phenols is 1. The first kappa shape index (κ1) is 16.3. The van der Waals surface area contributed by atoms with Crippen LogP contribution in [0.3, 0.4) is 0 Å². The van der Waals surface area contributed by atoms with Gasteiger partial charge in [-0.25, -0.2) is 9.97 Å². The molecule has 25 heavy (non-hydrogen) atoms. The lowest BCUT2D eigenvalue weighted by atomic mass is 10.3. The number of methoxy groups -OCH3 is 2. The highest BCUT2D eigenvalue weighted by Crippen LogP contribution is 2.27. The van der Waals surface area contributed by atoms with Crippen molar-refractivity contribution < 1.29 is 14.6 Å². The molecule has 0 aliphatic heterocycles. The molecular formula is C17H17N5O3. The molecule has 3 rings (SSSR count). The van der Waals surface area contributed by atoms with Crippen LogP contribution in [0.25, 0.3) is 0 Å². The summed E-state index contributed by atoms with van der Waals surface area (Å²) in [6, 6.07) is 12.0. The minimum Gasteiger partial charge on any atom is -0.508 e. The number of ether oxygens (including phenoxy) is 2. The highest BCUT2D eigenvalue weighted by atomic mass is 16.5. The fourth-order valence-corrected chi connectivity index (χ4v) is 2.14. The maximum absolute atomic E-state index is 9.51. The van der Waals surface area contributed by atoms with Crippen molar-refractivity contribution in [2.45, 2.75) is 0 Å². The van der Waals surface area contributed by atoms with Crippen LogP contribution in [-0.2, 0) is 0 Å². The third-order valence-electron chi connectivity index (χ3n) is 3.28. The Bertz CT molecular complexity index is 850. The van der Waals surface area contributed by atoms with Crippen LogP contribution in [0.2, 0.25) is 0 Å². The van der Waals surface area contributed by atoms with Crippen molar-refractivity contribution in [2.75, 3.05) is 24.9 Å². The molecule has 0 radical (unpaired) electrons. The first-order valence-electron chi connectivity index (χ1n) is 7.41. The molecule has 0 unspecified atom stereocenters.